The lowest BCUT2D eigenvalue weighted by Gasteiger charge is -2.26. The maximum atomic E-state index is 12.4. The first-order valence-electron chi connectivity index (χ1n) is 6.63. The first kappa shape index (κ1) is 14.4. The molecule has 1 unspecified atom stereocenters. The minimum atomic E-state index is -0.133. The van der Waals surface area contributed by atoms with Crippen LogP contribution in [0, 0.1) is 0 Å². The highest BCUT2D eigenvalue weighted by atomic mass is 79.9. The van der Waals surface area contributed by atoms with E-state index in [1.807, 2.05) is 24.3 Å². The Morgan fingerprint density at radius 1 is 1.29 bits per heavy atom. The van der Waals surface area contributed by atoms with Crippen molar-refractivity contribution in [2.24, 2.45) is 0 Å². The third-order valence-corrected chi connectivity index (χ3v) is 4.68. The number of carbonyl (C=O) groups is 1. The molecule has 0 saturated heterocycles. The molecule has 3 nitrogen and oxygen atoms in total. The van der Waals surface area contributed by atoms with Gasteiger partial charge in [0.05, 0.1) is 17.7 Å². The van der Waals surface area contributed by atoms with Crippen LogP contribution in [0.5, 0.6) is 5.75 Å². The Morgan fingerprint density at radius 2 is 2.10 bits per heavy atom. The number of hydrogen-bond donors (Lipinski definition) is 1. The van der Waals surface area contributed by atoms with Crippen molar-refractivity contribution in [3.05, 3.63) is 63.1 Å². The van der Waals surface area contributed by atoms with E-state index in [2.05, 4.69) is 21.2 Å². The fraction of sp³-hybridized carbons (Fsp3) is 0.188. The first-order valence-corrected chi connectivity index (χ1v) is 7.80. The number of carbonyl (C=O) groups excluding carboxylic acids is 1. The Hall–Kier alpha value is -1.52. The van der Waals surface area contributed by atoms with Crippen LogP contribution in [0.2, 0.25) is 5.02 Å². The van der Waals surface area contributed by atoms with Gasteiger partial charge in [-0.1, -0.05) is 29.8 Å². The zero-order valence-corrected chi connectivity index (χ0v) is 13.4. The van der Waals surface area contributed by atoms with Crippen molar-refractivity contribution >= 4 is 33.4 Å². The van der Waals surface area contributed by atoms with Gasteiger partial charge in [0.1, 0.15) is 5.75 Å². The van der Waals surface area contributed by atoms with E-state index in [9.17, 15) is 4.79 Å². The van der Waals surface area contributed by atoms with Crippen molar-refractivity contribution in [2.75, 3.05) is 6.61 Å². The second-order valence-corrected chi connectivity index (χ2v) is 6.09. The lowest BCUT2D eigenvalue weighted by Crippen LogP contribution is -2.32. The quantitative estimate of drug-likeness (QED) is 0.858. The molecule has 1 aliphatic rings. The summed E-state index contributed by atoms with van der Waals surface area (Å²) >= 11 is 9.35. The number of nitrogens with one attached hydrogen (secondary N) is 1. The molecule has 1 heterocycles. The van der Waals surface area contributed by atoms with Crippen LogP contribution in [0.25, 0.3) is 0 Å². The Bertz CT molecular complexity index is 690. The lowest BCUT2D eigenvalue weighted by molar-refractivity contribution is 0.0925. The number of hydrogen-bond acceptors (Lipinski definition) is 2. The SMILES string of the molecule is O=C(NC1CCOc2ccccc21)c1ccc(Br)c(Cl)c1. The summed E-state index contributed by atoms with van der Waals surface area (Å²) in [4.78, 5) is 12.4. The molecule has 1 amide bonds. The average Bonchev–Trinajstić information content (AvgIpc) is 2.50. The number of amides is 1. The highest BCUT2D eigenvalue weighted by Gasteiger charge is 2.23. The van der Waals surface area contributed by atoms with Crippen LogP contribution in [-0.2, 0) is 0 Å². The molecule has 0 radical (unpaired) electrons. The van der Waals surface area contributed by atoms with Gasteiger partial charge in [0, 0.05) is 22.0 Å². The molecule has 0 bridgehead atoms. The Labute approximate surface area is 136 Å². The molecule has 0 aliphatic carbocycles. The standard InChI is InChI=1S/C16H13BrClNO2/c17-12-6-5-10(9-13(12)18)16(20)19-14-7-8-21-15-4-2-1-3-11(14)15/h1-6,9,14H,7-8H2,(H,19,20). The van der Waals surface area contributed by atoms with Crippen LogP contribution in [-0.4, -0.2) is 12.5 Å². The smallest absolute Gasteiger partial charge is 0.251 e. The van der Waals surface area contributed by atoms with E-state index >= 15 is 0 Å². The maximum absolute atomic E-state index is 12.4. The van der Waals surface area contributed by atoms with E-state index in [-0.39, 0.29) is 11.9 Å². The van der Waals surface area contributed by atoms with Gasteiger partial charge in [-0.25, -0.2) is 0 Å². The molecule has 1 aliphatic heterocycles. The minimum absolute atomic E-state index is 0.0372. The van der Waals surface area contributed by atoms with Gasteiger partial charge in [0.2, 0.25) is 0 Å². The Morgan fingerprint density at radius 3 is 2.90 bits per heavy atom. The van der Waals surface area contributed by atoms with Gasteiger partial charge in [-0.05, 0) is 40.2 Å². The summed E-state index contributed by atoms with van der Waals surface area (Å²) in [5.41, 5.74) is 1.56. The molecule has 2 aromatic rings. The lowest BCUT2D eigenvalue weighted by atomic mass is 10.00. The van der Waals surface area contributed by atoms with E-state index < -0.39 is 0 Å². The molecular formula is C16H13BrClNO2. The minimum Gasteiger partial charge on any atom is -0.493 e. The molecule has 0 saturated carbocycles. The predicted molar refractivity (Wildman–Crippen MR) is 85.9 cm³/mol. The summed E-state index contributed by atoms with van der Waals surface area (Å²) in [6.45, 7) is 0.600. The van der Waals surface area contributed by atoms with Crippen LogP contribution in [0.15, 0.2) is 46.9 Å². The third kappa shape index (κ3) is 3.06. The Kier molecular flexibility index (Phi) is 4.17. The fourth-order valence-corrected chi connectivity index (χ4v) is 2.80. The number of para-hydroxylation sites is 1. The summed E-state index contributed by atoms with van der Waals surface area (Å²) in [6, 6.07) is 12.9. The van der Waals surface area contributed by atoms with E-state index in [0.717, 1.165) is 22.2 Å². The summed E-state index contributed by atoms with van der Waals surface area (Å²) < 4.78 is 6.37. The van der Waals surface area contributed by atoms with Crippen LogP contribution >= 0.6 is 27.5 Å². The Balaban J connectivity index is 1.81. The van der Waals surface area contributed by atoms with Gasteiger partial charge in [-0.3, -0.25) is 4.79 Å². The van der Waals surface area contributed by atoms with Crippen LogP contribution in [0.4, 0.5) is 0 Å². The van der Waals surface area contributed by atoms with Gasteiger partial charge in [-0.2, -0.15) is 0 Å². The fourth-order valence-electron chi connectivity index (χ4n) is 2.37. The van der Waals surface area contributed by atoms with Crippen molar-refractivity contribution in [3.63, 3.8) is 0 Å². The summed E-state index contributed by atoms with van der Waals surface area (Å²) in [5, 5.41) is 3.57. The molecule has 2 aromatic carbocycles. The monoisotopic (exact) mass is 365 g/mol. The second-order valence-electron chi connectivity index (χ2n) is 4.83. The topological polar surface area (TPSA) is 38.3 Å². The zero-order valence-electron chi connectivity index (χ0n) is 11.1. The molecule has 21 heavy (non-hydrogen) atoms. The second kappa shape index (κ2) is 6.08. The molecule has 1 N–H and O–H groups in total. The summed E-state index contributed by atoms with van der Waals surface area (Å²) in [6.07, 6.45) is 0.757. The van der Waals surface area contributed by atoms with Crippen molar-refractivity contribution in [3.8, 4) is 5.75 Å². The maximum Gasteiger partial charge on any atom is 0.251 e. The van der Waals surface area contributed by atoms with Crippen molar-refractivity contribution in [2.45, 2.75) is 12.5 Å². The normalized spacial score (nSPS) is 16.8. The van der Waals surface area contributed by atoms with Gasteiger partial charge in [-0.15, -0.1) is 0 Å². The molecule has 5 heteroatoms. The van der Waals surface area contributed by atoms with Crippen molar-refractivity contribution in [1.82, 2.24) is 5.32 Å². The van der Waals surface area contributed by atoms with Gasteiger partial charge >= 0.3 is 0 Å². The summed E-state index contributed by atoms with van der Waals surface area (Å²) in [7, 11) is 0. The molecule has 0 fully saturated rings. The molecule has 0 aromatic heterocycles. The predicted octanol–water partition coefficient (Wildman–Crippen LogP) is 4.36. The van der Waals surface area contributed by atoms with Gasteiger partial charge < -0.3 is 10.1 Å². The highest BCUT2D eigenvalue weighted by Crippen LogP contribution is 2.32. The largest absolute Gasteiger partial charge is 0.493 e. The molecular weight excluding hydrogens is 354 g/mol. The third-order valence-electron chi connectivity index (χ3n) is 3.45. The molecule has 3 rings (SSSR count). The van der Waals surface area contributed by atoms with Crippen molar-refractivity contribution in [1.29, 1.82) is 0 Å². The number of halogens is 2. The van der Waals surface area contributed by atoms with Crippen LogP contribution in [0.1, 0.15) is 28.4 Å². The van der Waals surface area contributed by atoms with E-state index in [1.165, 1.54) is 0 Å². The van der Waals surface area contributed by atoms with E-state index in [0.29, 0.717) is 17.2 Å². The van der Waals surface area contributed by atoms with Gasteiger partial charge in [0.15, 0.2) is 0 Å². The van der Waals surface area contributed by atoms with Crippen LogP contribution < -0.4 is 10.1 Å². The average molecular weight is 367 g/mol. The zero-order chi connectivity index (χ0) is 14.8. The van der Waals surface area contributed by atoms with E-state index in [4.69, 9.17) is 16.3 Å². The first-order chi connectivity index (χ1) is 10.1. The number of fused-ring (bicyclic) bond motifs is 1. The molecule has 0 spiro atoms. The molecule has 108 valence electrons. The van der Waals surface area contributed by atoms with Gasteiger partial charge in [0.25, 0.3) is 5.91 Å². The number of benzene rings is 2. The number of rotatable bonds is 2. The van der Waals surface area contributed by atoms with Crippen molar-refractivity contribution < 1.29 is 9.53 Å². The number of ether oxygens (including phenoxy) is 1. The summed E-state index contributed by atoms with van der Waals surface area (Å²) in [5.74, 6) is 0.703. The van der Waals surface area contributed by atoms with E-state index in [1.54, 1.807) is 18.2 Å². The highest BCUT2D eigenvalue weighted by molar-refractivity contribution is 9.10. The van der Waals surface area contributed by atoms with Crippen LogP contribution in [0.3, 0.4) is 0 Å². The molecule has 1 atom stereocenters.